The highest BCUT2D eigenvalue weighted by Crippen LogP contribution is 2.38. The van der Waals surface area contributed by atoms with Crippen LogP contribution in [0, 0.1) is 23.2 Å². The van der Waals surface area contributed by atoms with Gasteiger partial charge in [-0.2, -0.15) is 0 Å². The average molecular weight is 304 g/mol. The van der Waals surface area contributed by atoms with Crippen molar-refractivity contribution in [1.82, 2.24) is 10.6 Å². The van der Waals surface area contributed by atoms with Gasteiger partial charge in [0.05, 0.1) is 0 Å². The van der Waals surface area contributed by atoms with E-state index >= 15 is 0 Å². The van der Waals surface area contributed by atoms with Gasteiger partial charge in [0.2, 0.25) is 0 Å². The van der Waals surface area contributed by atoms with Crippen molar-refractivity contribution in [1.29, 1.82) is 0 Å². The second kappa shape index (κ2) is 6.44. The lowest BCUT2D eigenvalue weighted by atomic mass is 9.72. The molecule has 4 rings (SSSR count). The minimum absolute atomic E-state index is 0.345. The van der Waals surface area contributed by atoms with Crippen LogP contribution in [-0.2, 0) is 0 Å². The van der Waals surface area contributed by atoms with Crippen molar-refractivity contribution in [3.63, 3.8) is 0 Å². The summed E-state index contributed by atoms with van der Waals surface area (Å²) >= 11 is 0. The van der Waals surface area contributed by atoms with Gasteiger partial charge in [-0.15, -0.1) is 0 Å². The molecule has 2 fully saturated rings. The molecule has 2 aliphatic carbocycles. The zero-order chi connectivity index (χ0) is 15.7. The number of hydrogen-bond donors (Lipinski definition) is 4. The predicted molar refractivity (Wildman–Crippen MR) is 92.4 cm³/mol. The Kier molecular flexibility index (Phi) is 4.74. The van der Waals surface area contributed by atoms with Crippen LogP contribution < -0.4 is 22.1 Å². The molecule has 2 aliphatic heterocycles. The maximum atomic E-state index is 6.01. The van der Waals surface area contributed by atoms with E-state index in [0.717, 1.165) is 32.5 Å². The van der Waals surface area contributed by atoms with Crippen LogP contribution in [0.15, 0.2) is 24.3 Å². The van der Waals surface area contributed by atoms with E-state index in [2.05, 4.69) is 48.8 Å². The molecule has 0 spiro atoms. The van der Waals surface area contributed by atoms with Gasteiger partial charge in [0.1, 0.15) is 0 Å². The van der Waals surface area contributed by atoms with E-state index in [1.807, 2.05) is 0 Å². The number of nitrogens with one attached hydrogen (secondary N) is 2. The van der Waals surface area contributed by atoms with Gasteiger partial charge >= 0.3 is 0 Å². The number of rotatable bonds is 0. The van der Waals surface area contributed by atoms with E-state index in [9.17, 15) is 0 Å². The first-order chi connectivity index (χ1) is 10.5. The van der Waals surface area contributed by atoms with Crippen molar-refractivity contribution in [2.24, 2.45) is 34.6 Å². The zero-order valence-corrected chi connectivity index (χ0v) is 14.0. The molecular formula is C18H32N4. The number of nitrogens with two attached hydrogens (primary N) is 2. The summed E-state index contributed by atoms with van der Waals surface area (Å²) < 4.78 is 0. The number of fused-ring (bicyclic) bond motifs is 2. The largest absolute Gasteiger partial charge is 0.327 e. The van der Waals surface area contributed by atoms with Crippen molar-refractivity contribution in [3.05, 3.63) is 24.3 Å². The van der Waals surface area contributed by atoms with Crippen molar-refractivity contribution in [2.45, 2.75) is 44.8 Å². The van der Waals surface area contributed by atoms with Crippen LogP contribution in [0.3, 0.4) is 0 Å². The highest BCUT2D eigenvalue weighted by atomic mass is 15.0. The molecule has 0 aromatic heterocycles. The molecule has 0 aromatic carbocycles. The first-order valence-corrected chi connectivity index (χ1v) is 8.81. The fraction of sp³-hybridized carbons (Fsp3) is 0.778. The Morgan fingerprint density at radius 1 is 1.09 bits per heavy atom. The number of hydrogen-bond acceptors (Lipinski definition) is 4. The van der Waals surface area contributed by atoms with Gasteiger partial charge in [0, 0.05) is 43.2 Å². The first kappa shape index (κ1) is 16.2. The van der Waals surface area contributed by atoms with E-state index < -0.39 is 0 Å². The van der Waals surface area contributed by atoms with Gasteiger partial charge in [-0.05, 0) is 37.5 Å². The van der Waals surface area contributed by atoms with Crippen LogP contribution in [0.5, 0.6) is 0 Å². The lowest BCUT2D eigenvalue weighted by Gasteiger charge is -2.34. The monoisotopic (exact) mass is 304 g/mol. The molecule has 0 amide bonds. The van der Waals surface area contributed by atoms with E-state index in [-0.39, 0.29) is 0 Å². The molecule has 22 heavy (non-hydrogen) atoms. The highest BCUT2D eigenvalue weighted by molar-refractivity contribution is 5.13. The fourth-order valence-electron chi connectivity index (χ4n) is 4.62. The van der Waals surface area contributed by atoms with E-state index in [4.69, 9.17) is 11.5 Å². The Morgan fingerprint density at radius 3 is 2.59 bits per heavy atom. The standard InChI is InChI=1S/2C9H16N2/c1-9-4-2-3-8(10)7(9)5-11-6-9;1-6-7-3-2-4-9(10)8(7)5-11-6/h2,4,7-8,11H,3,5-6,10H2,1H3;2-3,6-9,11H,4-5,10H2,1H3. The summed E-state index contributed by atoms with van der Waals surface area (Å²) in [7, 11) is 0. The molecule has 0 radical (unpaired) electrons. The summed E-state index contributed by atoms with van der Waals surface area (Å²) in [6, 6.07) is 1.39. The summed E-state index contributed by atoms with van der Waals surface area (Å²) in [5, 5.41) is 6.86. The first-order valence-electron chi connectivity index (χ1n) is 8.81. The molecule has 2 saturated heterocycles. The van der Waals surface area contributed by atoms with E-state index in [1.165, 1.54) is 0 Å². The maximum absolute atomic E-state index is 6.01. The Labute approximate surface area is 134 Å². The normalized spacial score (nSPS) is 49.3. The summed E-state index contributed by atoms with van der Waals surface area (Å²) in [6.07, 6.45) is 11.3. The fourth-order valence-corrected chi connectivity index (χ4v) is 4.62. The molecule has 7 atom stereocenters. The summed E-state index contributed by atoms with van der Waals surface area (Å²) in [5.74, 6) is 2.04. The predicted octanol–water partition coefficient (Wildman–Crippen LogP) is 0.997. The third kappa shape index (κ3) is 3.02. The smallest absolute Gasteiger partial charge is 0.0123 e. The Hall–Kier alpha value is -0.680. The van der Waals surface area contributed by atoms with Crippen LogP contribution in [0.1, 0.15) is 26.7 Å². The lowest BCUT2D eigenvalue weighted by molar-refractivity contribution is 0.270. The molecule has 0 aromatic rings. The lowest BCUT2D eigenvalue weighted by Crippen LogP contribution is -2.41. The summed E-state index contributed by atoms with van der Waals surface area (Å²) in [6.45, 7) is 7.85. The molecule has 0 saturated carbocycles. The molecule has 0 bridgehead atoms. The summed E-state index contributed by atoms with van der Waals surface area (Å²) in [4.78, 5) is 0. The minimum atomic E-state index is 0.345. The van der Waals surface area contributed by atoms with Crippen molar-refractivity contribution < 1.29 is 0 Å². The van der Waals surface area contributed by atoms with Crippen molar-refractivity contribution in [2.75, 3.05) is 19.6 Å². The van der Waals surface area contributed by atoms with Crippen molar-refractivity contribution in [3.8, 4) is 0 Å². The zero-order valence-electron chi connectivity index (χ0n) is 14.0. The Balaban J connectivity index is 0.000000131. The minimum Gasteiger partial charge on any atom is -0.327 e. The molecule has 4 nitrogen and oxygen atoms in total. The third-order valence-corrected chi connectivity index (χ3v) is 6.20. The van der Waals surface area contributed by atoms with Crippen LogP contribution in [0.2, 0.25) is 0 Å². The SMILES string of the molecule is CC12C=CCC(N)C1CNC2.CC1NCC2C(N)CC=CC12. The summed E-state index contributed by atoms with van der Waals surface area (Å²) in [5.41, 5.74) is 12.3. The van der Waals surface area contributed by atoms with E-state index in [0.29, 0.717) is 41.3 Å². The third-order valence-electron chi connectivity index (χ3n) is 6.20. The average Bonchev–Trinajstić information content (AvgIpc) is 3.05. The van der Waals surface area contributed by atoms with Gasteiger partial charge in [-0.1, -0.05) is 31.2 Å². The maximum Gasteiger partial charge on any atom is 0.0123 e. The van der Waals surface area contributed by atoms with Crippen LogP contribution in [-0.4, -0.2) is 37.8 Å². The van der Waals surface area contributed by atoms with Gasteiger partial charge in [0.25, 0.3) is 0 Å². The van der Waals surface area contributed by atoms with Gasteiger partial charge < -0.3 is 22.1 Å². The van der Waals surface area contributed by atoms with Crippen LogP contribution in [0.4, 0.5) is 0 Å². The Morgan fingerprint density at radius 2 is 1.86 bits per heavy atom. The molecule has 4 heteroatoms. The molecule has 7 unspecified atom stereocenters. The second-order valence-electron chi connectivity index (χ2n) is 7.81. The van der Waals surface area contributed by atoms with Crippen LogP contribution >= 0.6 is 0 Å². The second-order valence-corrected chi connectivity index (χ2v) is 7.81. The molecule has 124 valence electrons. The topological polar surface area (TPSA) is 76.1 Å². The molecular weight excluding hydrogens is 272 g/mol. The van der Waals surface area contributed by atoms with Gasteiger partial charge in [0.15, 0.2) is 0 Å². The highest BCUT2D eigenvalue weighted by Gasteiger charge is 2.41. The van der Waals surface area contributed by atoms with Gasteiger partial charge in [-0.25, -0.2) is 0 Å². The molecule has 6 N–H and O–H groups in total. The quantitative estimate of drug-likeness (QED) is 0.504. The van der Waals surface area contributed by atoms with Crippen molar-refractivity contribution >= 4 is 0 Å². The van der Waals surface area contributed by atoms with Crippen LogP contribution in [0.25, 0.3) is 0 Å². The molecule has 4 aliphatic rings. The van der Waals surface area contributed by atoms with E-state index in [1.54, 1.807) is 0 Å². The van der Waals surface area contributed by atoms with Gasteiger partial charge in [-0.3, -0.25) is 0 Å². The molecule has 2 heterocycles. The Bertz CT molecular complexity index is 446.